The Kier molecular flexibility index (Phi) is 5.18. The second-order valence-electron chi connectivity index (χ2n) is 6.02. The van der Waals surface area contributed by atoms with Crippen molar-refractivity contribution in [2.45, 2.75) is 44.5 Å². The molecule has 0 spiro atoms. The summed E-state index contributed by atoms with van der Waals surface area (Å²) < 4.78 is 15.8. The molecule has 0 saturated heterocycles. The molecule has 1 aliphatic rings. The molecule has 1 atom stereocenters. The lowest BCUT2D eigenvalue weighted by molar-refractivity contribution is 0.0937. The summed E-state index contributed by atoms with van der Waals surface area (Å²) in [4.78, 5) is 12.5. The third-order valence-electron chi connectivity index (χ3n) is 4.23. The summed E-state index contributed by atoms with van der Waals surface area (Å²) in [5.41, 5.74) is 1.01. The van der Waals surface area contributed by atoms with Crippen LogP contribution < -0.4 is 5.32 Å². The Balaban J connectivity index is 1.75. The van der Waals surface area contributed by atoms with E-state index in [1.165, 1.54) is 23.9 Å². The van der Waals surface area contributed by atoms with Gasteiger partial charge in [-0.15, -0.1) is 10.2 Å². The molecule has 24 heavy (non-hydrogen) atoms. The van der Waals surface area contributed by atoms with E-state index >= 15 is 0 Å². The predicted octanol–water partition coefficient (Wildman–Crippen LogP) is 3.11. The van der Waals surface area contributed by atoms with Crippen LogP contribution in [-0.4, -0.2) is 26.9 Å². The zero-order valence-corrected chi connectivity index (χ0v) is 14.7. The summed E-state index contributed by atoms with van der Waals surface area (Å²) in [5, 5.41) is 11.4. The number of nitrogens with one attached hydrogen (secondary N) is 1. The molecular weight excluding hydrogens is 327 g/mol. The first kappa shape index (κ1) is 17.0. The predicted molar refractivity (Wildman–Crippen MR) is 92.5 cm³/mol. The van der Waals surface area contributed by atoms with Crippen LogP contribution in [0.1, 0.15) is 53.4 Å². The highest BCUT2D eigenvalue weighted by Gasteiger charge is 2.22. The summed E-state index contributed by atoms with van der Waals surface area (Å²) >= 11 is 1.52. The van der Waals surface area contributed by atoms with E-state index in [0.717, 1.165) is 37.5 Å². The van der Waals surface area contributed by atoms with Gasteiger partial charge < -0.3 is 9.88 Å². The minimum Gasteiger partial charge on any atom is -0.342 e. The van der Waals surface area contributed by atoms with Gasteiger partial charge in [0.2, 0.25) is 0 Å². The van der Waals surface area contributed by atoms with Crippen LogP contribution in [0.15, 0.2) is 18.2 Å². The number of hydrogen-bond acceptors (Lipinski definition) is 4. The lowest BCUT2D eigenvalue weighted by Gasteiger charge is -2.19. The summed E-state index contributed by atoms with van der Waals surface area (Å²) in [5.74, 6) is 1.81. The van der Waals surface area contributed by atoms with Crippen LogP contribution in [0.3, 0.4) is 0 Å². The number of carbonyl (C=O) groups excluding carboxylic acids is 1. The first-order valence-electron chi connectivity index (χ1n) is 8.10. The number of aryl methyl sites for hydroxylation is 1. The number of nitrogens with zero attached hydrogens (tertiary/aromatic N) is 3. The molecule has 1 unspecified atom stereocenters. The first-order chi connectivity index (χ1) is 11.6. The van der Waals surface area contributed by atoms with Gasteiger partial charge in [-0.2, -0.15) is 11.8 Å². The molecule has 0 aliphatic carbocycles. The van der Waals surface area contributed by atoms with Crippen molar-refractivity contribution in [3.8, 4) is 0 Å². The van der Waals surface area contributed by atoms with Crippen LogP contribution in [0, 0.1) is 5.82 Å². The summed E-state index contributed by atoms with van der Waals surface area (Å²) in [6, 6.07) is 4.24. The van der Waals surface area contributed by atoms with Gasteiger partial charge in [0.15, 0.2) is 5.82 Å². The van der Waals surface area contributed by atoms with Gasteiger partial charge in [-0.25, -0.2) is 4.39 Å². The molecule has 2 heterocycles. The molecule has 0 radical (unpaired) electrons. The van der Waals surface area contributed by atoms with Crippen molar-refractivity contribution in [3.63, 3.8) is 0 Å². The van der Waals surface area contributed by atoms with E-state index in [1.807, 2.05) is 13.2 Å². The van der Waals surface area contributed by atoms with Gasteiger partial charge >= 0.3 is 0 Å². The summed E-state index contributed by atoms with van der Waals surface area (Å²) in [7, 11) is 0. The number of hydrogen-bond donors (Lipinski definition) is 1. The van der Waals surface area contributed by atoms with Crippen molar-refractivity contribution in [3.05, 3.63) is 46.8 Å². The molecular formula is C17H21FN4OS. The Labute approximate surface area is 145 Å². The first-order valence-corrected chi connectivity index (χ1v) is 9.49. The quantitative estimate of drug-likeness (QED) is 0.902. The fourth-order valence-corrected chi connectivity index (χ4v) is 3.51. The number of aromatic nitrogens is 3. The van der Waals surface area contributed by atoms with E-state index in [0.29, 0.717) is 16.9 Å². The van der Waals surface area contributed by atoms with Gasteiger partial charge in [0, 0.05) is 24.3 Å². The van der Waals surface area contributed by atoms with Crippen LogP contribution in [-0.2, 0) is 18.7 Å². The average molecular weight is 348 g/mol. The van der Waals surface area contributed by atoms with Crippen LogP contribution in [0.5, 0.6) is 0 Å². The number of carbonyl (C=O) groups is 1. The normalized spacial score (nSPS) is 15.0. The highest BCUT2D eigenvalue weighted by molar-refractivity contribution is 7.97. The maximum Gasteiger partial charge on any atom is 0.251 e. The van der Waals surface area contributed by atoms with E-state index in [-0.39, 0.29) is 17.8 Å². The van der Waals surface area contributed by atoms with Gasteiger partial charge in [-0.1, -0.05) is 0 Å². The highest BCUT2D eigenvalue weighted by Crippen LogP contribution is 2.20. The SMILES string of the molecule is CSCc1cc(C(=O)NC(C)c2nnc3n2CCCC3)ccc1F. The number of amides is 1. The smallest absolute Gasteiger partial charge is 0.251 e. The molecule has 1 aromatic heterocycles. The van der Waals surface area contributed by atoms with Crippen molar-refractivity contribution < 1.29 is 9.18 Å². The summed E-state index contributed by atoms with van der Waals surface area (Å²) in [6.07, 6.45) is 5.08. The van der Waals surface area contributed by atoms with Crippen LogP contribution in [0.2, 0.25) is 0 Å². The van der Waals surface area contributed by atoms with Crippen LogP contribution in [0.25, 0.3) is 0 Å². The van der Waals surface area contributed by atoms with Crippen molar-refractivity contribution in [1.29, 1.82) is 0 Å². The van der Waals surface area contributed by atoms with Gasteiger partial charge in [0.1, 0.15) is 11.6 Å². The number of halogens is 1. The van der Waals surface area contributed by atoms with Gasteiger partial charge in [-0.05, 0) is 49.8 Å². The minimum atomic E-state index is -0.277. The standard InChI is InChI=1S/C17H21FN4OS/c1-11(16-21-20-15-5-3-4-8-22(15)16)19-17(23)12-6-7-14(18)13(9-12)10-24-2/h6-7,9,11H,3-5,8,10H2,1-2H3,(H,19,23). The third kappa shape index (κ3) is 3.45. The maximum absolute atomic E-state index is 13.7. The molecule has 1 aromatic carbocycles. The van der Waals surface area contributed by atoms with Crippen molar-refractivity contribution >= 4 is 17.7 Å². The third-order valence-corrected chi connectivity index (χ3v) is 4.83. The van der Waals surface area contributed by atoms with Crippen molar-refractivity contribution in [2.24, 2.45) is 0 Å². The Morgan fingerprint density at radius 3 is 3.04 bits per heavy atom. The van der Waals surface area contributed by atoms with Crippen LogP contribution >= 0.6 is 11.8 Å². The molecule has 1 amide bonds. The number of fused-ring (bicyclic) bond motifs is 1. The fourth-order valence-electron chi connectivity index (χ4n) is 2.98. The Bertz CT molecular complexity index is 746. The molecule has 5 nitrogen and oxygen atoms in total. The lowest BCUT2D eigenvalue weighted by Crippen LogP contribution is -2.29. The van der Waals surface area contributed by atoms with E-state index in [1.54, 1.807) is 6.07 Å². The van der Waals surface area contributed by atoms with Crippen molar-refractivity contribution in [2.75, 3.05) is 6.26 Å². The Morgan fingerprint density at radius 1 is 1.42 bits per heavy atom. The Hall–Kier alpha value is -1.89. The molecule has 1 aliphatic heterocycles. The van der Waals surface area contributed by atoms with Gasteiger partial charge in [0.05, 0.1) is 6.04 Å². The highest BCUT2D eigenvalue weighted by atomic mass is 32.2. The zero-order valence-electron chi connectivity index (χ0n) is 13.9. The van der Waals surface area contributed by atoms with E-state index < -0.39 is 0 Å². The van der Waals surface area contributed by atoms with Gasteiger partial charge in [0.25, 0.3) is 5.91 Å². The molecule has 2 aromatic rings. The monoisotopic (exact) mass is 348 g/mol. The molecule has 0 bridgehead atoms. The molecule has 0 fully saturated rings. The fraction of sp³-hybridized carbons (Fsp3) is 0.471. The van der Waals surface area contributed by atoms with E-state index in [4.69, 9.17) is 0 Å². The number of thioether (sulfide) groups is 1. The number of rotatable bonds is 5. The summed E-state index contributed by atoms with van der Waals surface area (Å²) in [6.45, 7) is 2.79. The molecule has 1 N–H and O–H groups in total. The topological polar surface area (TPSA) is 59.8 Å². The van der Waals surface area contributed by atoms with Crippen LogP contribution in [0.4, 0.5) is 4.39 Å². The average Bonchev–Trinajstić information content (AvgIpc) is 3.01. The van der Waals surface area contributed by atoms with Crippen molar-refractivity contribution in [1.82, 2.24) is 20.1 Å². The number of benzene rings is 1. The molecule has 0 saturated carbocycles. The van der Waals surface area contributed by atoms with Gasteiger partial charge in [-0.3, -0.25) is 4.79 Å². The largest absolute Gasteiger partial charge is 0.342 e. The van der Waals surface area contributed by atoms with E-state index in [9.17, 15) is 9.18 Å². The molecule has 3 rings (SSSR count). The Morgan fingerprint density at radius 2 is 2.25 bits per heavy atom. The minimum absolute atomic E-state index is 0.224. The second-order valence-corrected chi connectivity index (χ2v) is 6.88. The second kappa shape index (κ2) is 7.34. The lowest BCUT2D eigenvalue weighted by atomic mass is 10.1. The maximum atomic E-state index is 13.7. The zero-order chi connectivity index (χ0) is 17.1. The molecule has 7 heteroatoms. The van der Waals surface area contributed by atoms with E-state index in [2.05, 4.69) is 20.1 Å². The molecule has 128 valence electrons.